The average Bonchev–Trinajstić information content (AvgIpc) is 2.75. The van der Waals surface area contributed by atoms with Crippen LogP contribution < -0.4 is 5.32 Å². The van der Waals surface area contributed by atoms with Crippen molar-refractivity contribution in [1.82, 2.24) is 25.0 Å². The predicted octanol–water partition coefficient (Wildman–Crippen LogP) is 1.34. The lowest BCUT2D eigenvalue weighted by molar-refractivity contribution is 0.744. The van der Waals surface area contributed by atoms with E-state index in [1.807, 2.05) is 0 Å². The highest BCUT2D eigenvalue weighted by Gasteiger charge is 2.06. The third-order valence-electron chi connectivity index (χ3n) is 2.22. The molecule has 2 aromatic heterocycles. The largest absolute Gasteiger partial charge is 0.367 e. The summed E-state index contributed by atoms with van der Waals surface area (Å²) in [4.78, 5) is 4.04. The van der Waals surface area contributed by atoms with Crippen molar-refractivity contribution in [3.8, 4) is 0 Å². The first-order valence-electron chi connectivity index (χ1n) is 5.21. The van der Waals surface area contributed by atoms with Crippen LogP contribution in [0.1, 0.15) is 19.8 Å². The van der Waals surface area contributed by atoms with Gasteiger partial charge < -0.3 is 5.32 Å². The van der Waals surface area contributed by atoms with E-state index in [0.29, 0.717) is 12.2 Å². The number of anilines is 1. The Morgan fingerprint density at radius 2 is 2.38 bits per heavy atom. The molecule has 0 amide bonds. The van der Waals surface area contributed by atoms with E-state index in [9.17, 15) is 0 Å². The number of nitrogens with zero attached hydrogens (tertiary/aromatic N) is 5. The lowest BCUT2D eigenvalue weighted by Gasteiger charge is -2.10. The van der Waals surface area contributed by atoms with E-state index in [0.717, 1.165) is 18.7 Å². The van der Waals surface area contributed by atoms with Gasteiger partial charge in [0, 0.05) is 6.54 Å². The molecule has 6 nitrogen and oxygen atoms in total. The molecule has 16 heavy (non-hydrogen) atoms. The summed E-state index contributed by atoms with van der Waals surface area (Å²) in [6, 6.07) is 0. The van der Waals surface area contributed by atoms with E-state index in [4.69, 9.17) is 11.6 Å². The molecule has 0 saturated carbocycles. The number of hydrogen-bond donors (Lipinski definition) is 1. The van der Waals surface area contributed by atoms with E-state index in [1.165, 1.54) is 0 Å². The molecule has 0 aliphatic heterocycles. The van der Waals surface area contributed by atoms with E-state index >= 15 is 0 Å². The fraction of sp³-hybridized carbons (Fsp3) is 0.556. The first-order valence-corrected chi connectivity index (χ1v) is 5.65. The Morgan fingerprint density at radius 3 is 3.19 bits per heavy atom. The maximum atomic E-state index is 6.11. The summed E-state index contributed by atoms with van der Waals surface area (Å²) in [7, 11) is 0. The highest BCUT2D eigenvalue weighted by Crippen LogP contribution is 2.09. The monoisotopic (exact) mass is 240 g/mol. The third kappa shape index (κ3) is 2.38. The summed E-state index contributed by atoms with van der Waals surface area (Å²) < 4.78 is 1.60. The molecule has 0 bridgehead atoms. The fourth-order valence-corrected chi connectivity index (χ4v) is 1.72. The second-order valence-corrected chi connectivity index (χ2v) is 4.13. The summed E-state index contributed by atoms with van der Waals surface area (Å²) in [5.41, 5.74) is 0.617. The van der Waals surface area contributed by atoms with Crippen molar-refractivity contribution in [2.24, 2.45) is 0 Å². The minimum absolute atomic E-state index is 0.108. The van der Waals surface area contributed by atoms with Crippen LogP contribution >= 0.6 is 11.6 Å². The molecule has 1 unspecified atom stereocenters. The van der Waals surface area contributed by atoms with Crippen molar-refractivity contribution in [2.75, 3.05) is 11.9 Å². The van der Waals surface area contributed by atoms with E-state index in [1.54, 1.807) is 16.9 Å². The minimum Gasteiger partial charge on any atom is -0.367 e. The smallest absolute Gasteiger partial charge is 0.199 e. The molecule has 0 aliphatic rings. The van der Waals surface area contributed by atoms with Gasteiger partial charge in [-0.05, 0) is 16.8 Å². The second kappa shape index (κ2) is 5.07. The van der Waals surface area contributed by atoms with Gasteiger partial charge in [-0.1, -0.05) is 13.3 Å². The first kappa shape index (κ1) is 11.1. The van der Waals surface area contributed by atoms with Gasteiger partial charge in [0.05, 0.1) is 17.8 Å². The molecule has 0 aliphatic carbocycles. The van der Waals surface area contributed by atoms with Crippen molar-refractivity contribution in [3.63, 3.8) is 0 Å². The summed E-state index contributed by atoms with van der Waals surface area (Å²) in [5.74, 6) is 0.754. The normalized spacial score (nSPS) is 12.9. The predicted molar refractivity (Wildman–Crippen MR) is 61.6 cm³/mol. The highest BCUT2D eigenvalue weighted by atomic mass is 35.5. The zero-order chi connectivity index (χ0) is 11.4. The number of tetrazole rings is 1. The Morgan fingerprint density at radius 1 is 1.50 bits per heavy atom. The standard InChI is InChI=1S/C9H13ClN6/c1-2-3-7(10)4-12-8-5-11-6-9-13-14-15-16(8)9/h5-7,12H,2-4H2,1H3. The topological polar surface area (TPSA) is 68.0 Å². The molecule has 0 fully saturated rings. The van der Waals surface area contributed by atoms with Crippen molar-refractivity contribution in [3.05, 3.63) is 12.4 Å². The van der Waals surface area contributed by atoms with Crippen LogP contribution in [0.5, 0.6) is 0 Å². The first-order chi connectivity index (χ1) is 7.81. The van der Waals surface area contributed by atoms with Crippen LogP contribution in [0.3, 0.4) is 0 Å². The van der Waals surface area contributed by atoms with Crippen LogP contribution in [0.15, 0.2) is 12.4 Å². The molecule has 2 aromatic rings. The fourth-order valence-electron chi connectivity index (χ4n) is 1.43. The Balaban J connectivity index is 2.06. The van der Waals surface area contributed by atoms with E-state index < -0.39 is 0 Å². The molecular formula is C9H13ClN6. The summed E-state index contributed by atoms with van der Waals surface area (Å²) in [6.07, 6.45) is 5.34. The number of hydrogen-bond acceptors (Lipinski definition) is 5. The molecule has 86 valence electrons. The number of rotatable bonds is 5. The third-order valence-corrected chi connectivity index (χ3v) is 2.59. The van der Waals surface area contributed by atoms with E-state index in [-0.39, 0.29) is 5.38 Å². The second-order valence-electron chi connectivity index (χ2n) is 3.51. The molecule has 0 saturated heterocycles. The molecule has 0 aromatic carbocycles. The van der Waals surface area contributed by atoms with Crippen LogP contribution in [0.4, 0.5) is 5.82 Å². The summed E-state index contributed by atoms with van der Waals surface area (Å²) in [6.45, 7) is 2.79. The van der Waals surface area contributed by atoms with Gasteiger partial charge in [0.25, 0.3) is 0 Å². The minimum atomic E-state index is 0.108. The summed E-state index contributed by atoms with van der Waals surface area (Å²) >= 11 is 6.11. The van der Waals surface area contributed by atoms with Crippen molar-refractivity contribution in [2.45, 2.75) is 25.1 Å². The molecule has 0 radical (unpaired) electrons. The maximum Gasteiger partial charge on any atom is 0.199 e. The molecule has 1 N–H and O–H groups in total. The van der Waals surface area contributed by atoms with Gasteiger partial charge in [-0.15, -0.1) is 16.7 Å². The van der Waals surface area contributed by atoms with Gasteiger partial charge in [-0.3, -0.25) is 4.98 Å². The van der Waals surface area contributed by atoms with Crippen LogP contribution in [0.2, 0.25) is 0 Å². The Labute approximate surface area is 98.0 Å². The van der Waals surface area contributed by atoms with Gasteiger partial charge in [0.1, 0.15) is 5.82 Å². The molecule has 7 heteroatoms. The zero-order valence-electron chi connectivity index (χ0n) is 8.97. The SMILES string of the molecule is CCCC(Cl)CNc1cncc2nnnn12. The Kier molecular flexibility index (Phi) is 3.51. The quantitative estimate of drug-likeness (QED) is 0.799. The van der Waals surface area contributed by atoms with Gasteiger partial charge >= 0.3 is 0 Å². The lowest BCUT2D eigenvalue weighted by atomic mass is 10.2. The zero-order valence-corrected chi connectivity index (χ0v) is 9.72. The average molecular weight is 241 g/mol. The Bertz CT molecular complexity index is 456. The van der Waals surface area contributed by atoms with Crippen LogP contribution in [-0.4, -0.2) is 36.9 Å². The number of nitrogens with one attached hydrogen (secondary N) is 1. The van der Waals surface area contributed by atoms with Crippen LogP contribution in [0.25, 0.3) is 5.65 Å². The van der Waals surface area contributed by atoms with Gasteiger partial charge in [-0.25, -0.2) is 0 Å². The number of halogens is 1. The van der Waals surface area contributed by atoms with Crippen LogP contribution in [0, 0.1) is 0 Å². The molecule has 2 heterocycles. The number of fused-ring (bicyclic) bond motifs is 1. The number of alkyl halides is 1. The highest BCUT2D eigenvalue weighted by molar-refractivity contribution is 6.20. The Hall–Kier alpha value is -1.43. The maximum absolute atomic E-state index is 6.11. The van der Waals surface area contributed by atoms with Crippen molar-refractivity contribution in [1.29, 1.82) is 0 Å². The molecule has 1 atom stereocenters. The lowest BCUT2D eigenvalue weighted by Crippen LogP contribution is -2.16. The molecule has 0 spiro atoms. The van der Waals surface area contributed by atoms with E-state index in [2.05, 4.69) is 32.7 Å². The van der Waals surface area contributed by atoms with Crippen molar-refractivity contribution < 1.29 is 0 Å². The van der Waals surface area contributed by atoms with Crippen LogP contribution in [-0.2, 0) is 0 Å². The van der Waals surface area contributed by atoms with Gasteiger partial charge in [0.2, 0.25) is 0 Å². The number of aromatic nitrogens is 5. The van der Waals surface area contributed by atoms with Gasteiger partial charge in [0.15, 0.2) is 5.65 Å². The molecule has 2 rings (SSSR count). The molecular weight excluding hydrogens is 228 g/mol. The van der Waals surface area contributed by atoms with Crippen molar-refractivity contribution >= 4 is 23.1 Å². The summed E-state index contributed by atoms with van der Waals surface area (Å²) in [5, 5.41) is 14.5. The van der Waals surface area contributed by atoms with Gasteiger partial charge in [-0.2, -0.15) is 4.52 Å².